The monoisotopic (exact) mass is 351 g/mol. The van der Waals surface area contributed by atoms with Gasteiger partial charge in [0.05, 0.1) is 0 Å². The van der Waals surface area contributed by atoms with Crippen LogP contribution in [0.5, 0.6) is 0 Å². The lowest BCUT2D eigenvalue weighted by Crippen LogP contribution is -1.95. The number of rotatable bonds is 2. The number of hydrogen-bond acceptors (Lipinski definition) is 3. The summed E-state index contributed by atoms with van der Waals surface area (Å²) in [7, 11) is 0. The average Bonchev–Trinajstić information content (AvgIpc) is 2.60. The molecule has 4 rings (SSSR count). The normalized spacial score (nSPS) is 10.9. The van der Waals surface area contributed by atoms with Crippen molar-refractivity contribution in [3.63, 3.8) is 0 Å². The van der Waals surface area contributed by atoms with E-state index in [2.05, 4.69) is 45.3 Å². The highest BCUT2D eigenvalue weighted by atomic mass is 35.5. The molecule has 116 valence electrons. The van der Waals surface area contributed by atoms with Gasteiger partial charge in [-0.2, -0.15) is 15.0 Å². The molecule has 3 aromatic carbocycles. The second kappa shape index (κ2) is 6.19. The zero-order valence-corrected chi connectivity index (χ0v) is 14.0. The first-order chi connectivity index (χ1) is 11.7. The number of fused-ring (bicyclic) bond motifs is 1. The van der Waals surface area contributed by atoms with Gasteiger partial charge in [-0.3, -0.25) is 0 Å². The molecule has 0 saturated carbocycles. The van der Waals surface area contributed by atoms with E-state index in [-0.39, 0.29) is 10.6 Å². The summed E-state index contributed by atoms with van der Waals surface area (Å²) in [5, 5.41) is 2.30. The topological polar surface area (TPSA) is 38.7 Å². The molecule has 0 saturated heterocycles. The first kappa shape index (κ1) is 15.1. The van der Waals surface area contributed by atoms with Gasteiger partial charge in [0.2, 0.25) is 10.6 Å². The van der Waals surface area contributed by atoms with Gasteiger partial charge in [0.15, 0.2) is 5.82 Å². The molecule has 0 amide bonds. The first-order valence-electron chi connectivity index (χ1n) is 7.36. The second-order valence-electron chi connectivity index (χ2n) is 5.31. The lowest BCUT2D eigenvalue weighted by molar-refractivity contribution is 1.06. The van der Waals surface area contributed by atoms with Crippen molar-refractivity contribution in [3.05, 3.63) is 77.3 Å². The van der Waals surface area contributed by atoms with E-state index in [1.54, 1.807) is 0 Å². The molecule has 0 radical (unpaired) electrons. The fourth-order valence-electron chi connectivity index (χ4n) is 2.74. The van der Waals surface area contributed by atoms with Gasteiger partial charge in [0, 0.05) is 5.56 Å². The highest BCUT2D eigenvalue weighted by molar-refractivity contribution is 6.31. The van der Waals surface area contributed by atoms with Gasteiger partial charge >= 0.3 is 0 Å². The van der Waals surface area contributed by atoms with Crippen LogP contribution in [0.15, 0.2) is 66.7 Å². The Bertz CT molecular complexity index is 1010. The summed E-state index contributed by atoms with van der Waals surface area (Å²) in [6.07, 6.45) is 0. The van der Waals surface area contributed by atoms with E-state index < -0.39 is 0 Å². The van der Waals surface area contributed by atoms with Crippen LogP contribution in [-0.4, -0.2) is 15.0 Å². The summed E-state index contributed by atoms with van der Waals surface area (Å²) < 4.78 is 0. The number of aromatic nitrogens is 3. The predicted molar refractivity (Wildman–Crippen MR) is 98.2 cm³/mol. The second-order valence-corrected chi connectivity index (χ2v) is 5.98. The van der Waals surface area contributed by atoms with Gasteiger partial charge in [-0.05, 0) is 57.2 Å². The fourth-order valence-corrected chi connectivity index (χ4v) is 3.10. The summed E-state index contributed by atoms with van der Waals surface area (Å²) in [6.45, 7) is 0. The van der Waals surface area contributed by atoms with Crippen molar-refractivity contribution in [2.75, 3.05) is 0 Å². The van der Waals surface area contributed by atoms with E-state index in [9.17, 15) is 0 Å². The third-order valence-electron chi connectivity index (χ3n) is 3.79. The molecule has 0 aliphatic carbocycles. The summed E-state index contributed by atoms with van der Waals surface area (Å²) in [6, 6.07) is 22.5. The van der Waals surface area contributed by atoms with Crippen LogP contribution in [0, 0.1) is 0 Å². The molecule has 0 aliphatic rings. The zero-order valence-electron chi connectivity index (χ0n) is 12.4. The molecule has 0 N–H and O–H groups in total. The van der Waals surface area contributed by atoms with Crippen LogP contribution in [0.3, 0.4) is 0 Å². The van der Waals surface area contributed by atoms with E-state index in [0.29, 0.717) is 5.82 Å². The Balaban J connectivity index is 2.03. The molecule has 1 heterocycles. The molecule has 0 unspecified atom stereocenters. The Morgan fingerprint density at radius 2 is 1.29 bits per heavy atom. The lowest BCUT2D eigenvalue weighted by atomic mass is 9.96. The number of benzene rings is 3. The maximum absolute atomic E-state index is 5.96. The molecule has 5 heteroatoms. The van der Waals surface area contributed by atoms with Crippen LogP contribution >= 0.6 is 23.2 Å². The number of halogens is 2. The van der Waals surface area contributed by atoms with Gasteiger partial charge in [0.25, 0.3) is 0 Å². The molecular weight excluding hydrogens is 341 g/mol. The van der Waals surface area contributed by atoms with Gasteiger partial charge in [-0.25, -0.2) is 0 Å². The SMILES string of the molecule is Clc1nc(Cl)nc(-c2cc(-c3ccccc3)cc3ccccc23)n1. The van der Waals surface area contributed by atoms with E-state index in [4.69, 9.17) is 23.2 Å². The van der Waals surface area contributed by atoms with Gasteiger partial charge in [0.1, 0.15) is 0 Å². The van der Waals surface area contributed by atoms with Crippen molar-refractivity contribution < 1.29 is 0 Å². The predicted octanol–water partition coefficient (Wildman–Crippen LogP) is 5.67. The van der Waals surface area contributed by atoms with Crippen molar-refractivity contribution >= 4 is 34.0 Å². The van der Waals surface area contributed by atoms with Crippen LogP contribution in [0.2, 0.25) is 10.6 Å². The molecule has 4 aromatic rings. The average molecular weight is 352 g/mol. The Morgan fingerprint density at radius 1 is 0.625 bits per heavy atom. The summed E-state index contributed by atoms with van der Waals surface area (Å²) in [4.78, 5) is 12.3. The van der Waals surface area contributed by atoms with E-state index in [1.165, 1.54) is 0 Å². The van der Waals surface area contributed by atoms with Gasteiger partial charge in [-0.1, -0.05) is 54.6 Å². The molecule has 24 heavy (non-hydrogen) atoms. The fraction of sp³-hybridized carbons (Fsp3) is 0. The Hall–Kier alpha value is -2.49. The van der Waals surface area contributed by atoms with Crippen molar-refractivity contribution in [1.29, 1.82) is 0 Å². The van der Waals surface area contributed by atoms with Crippen molar-refractivity contribution in [2.24, 2.45) is 0 Å². The first-order valence-corrected chi connectivity index (χ1v) is 8.12. The lowest BCUT2D eigenvalue weighted by Gasteiger charge is -2.10. The molecule has 0 fully saturated rings. The minimum Gasteiger partial charge on any atom is -0.198 e. The number of hydrogen-bond donors (Lipinski definition) is 0. The van der Waals surface area contributed by atoms with Crippen molar-refractivity contribution in [2.45, 2.75) is 0 Å². The standard InChI is InChI=1S/C19H11Cl2N3/c20-18-22-17(23-19(21)24-18)16-11-14(12-6-2-1-3-7-12)10-13-8-4-5-9-15(13)16/h1-11H. The smallest absolute Gasteiger partial charge is 0.198 e. The minimum absolute atomic E-state index is 0.0826. The minimum atomic E-state index is 0.0826. The van der Waals surface area contributed by atoms with E-state index in [1.807, 2.05) is 36.4 Å². The van der Waals surface area contributed by atoms with E-state index in [0.717, 1.165) is 27.5 Å². The highest BCUT2D eigenvalue weighted by Gasteiger charge is 2.12. The molecule has 0 spiro atoms. The molecule has 0 aliphatic heterocycles. The summed E-state index contributed by atoms with van der Waals surface area (Å²) >= 11 is 11.9. The van der Waals surface area contributed by atoms with Crippen molar-refractivity contribution in [3.8, 4) is 22.5 Å². The summed E-state index contributed by atoms with van der Waals surface area (Å²) in [5.41, 5.74) is 3.07. The van der Waals surface area contributed by atoms with Crippen LogP contribution in [0.1, 0.15) is 0 Å². The summed E-state index contributed by atoms with van der Waals surface area (Å²) in [5.74, 6) is 0.467. The zero-order chi connectivity index (χ0) is 16.5. The molecule has 0 bridgehead atoms. The van der Waals surface area contributed by atoms with Crippen LogP contribution in [-0.2, 0) is 0 Å². The Kier molecular flexibility index (Phi) is 3.89. The third-order valence-corrected chi connectivity index (χ3v) is 4.13. The highest BCUT2D eigenvalue weighted by Crippen LogP contribution is 2.33. The van der Waals surface area contributed by atoms with E-state index >= 15 is 0 Å². The molecule has 1 aromatic heterocycles. The molecule has 0 atom stereocenters. The Labute approximate surface area is 148 Å². The van der Waals surface area contributed by atoms with Gasteiger partial charge < -0.3 is 0 Å². The molecule has 3 nitrogen and oxygen atoms in total. The Morgan fingerprint density at radius 3 is 2.04 bits per heavy atom. The van der Waals surface area contributed by atoms with Crippen LogP contribution in [0.25, 0.3) is 33.3 Å². The number of nitrogens with zero attached hydrogens (tertiary/aromatic N) is 3. The third kappa shape index (κ3) is 2.84. The maximum atomic E-state index is 5.96. The largest absolute Gasteiger partial charge is 0.227 e. The van der Waals surface area contributed by atoms with Crippen LogP contribution < -0.4 is 0 Å². The van der Waals surface area contributed by atoms with Gasteiger partial charge in [-0.15, -0.1) is 0 Å². The molecular formula is C19H11Cl2N3. The maximum Gasteiger partial charge on any atom is 0.227 e. The van der Waals surface area contributed by atoms with Crippen molar-refractivity contribution in [1.82, 2.24) is 15.0 Å². The van der Waals surface area contributed by atoms with Crippen LogP contribution in [0.4, 0.5) is 0 Å². The quantitative estimate of drug-likeness (QED) is 0.467.